The highest BCUT2D eigenvalue weighted by Gasteiger charge is 2.40. The van der Waals surface area contributed by atoms with E-state index in [1.54, 1.807) is 12.1 Å². The predicted molar refractivity (Wildman–Crippen MR) is 86.2 cm³/mol. The maximum absolute atomic E-state index is 12.4. The topological polar surface area (TPSA) is 84.2 Å². The van der Waals surface area contributed by atoms with Crippen molar-refractivity contribution in [1.82, 2.24) is 0 Å². The average molecular weight is 291 g/mol. The SMILES string of the molecule is CC(=O)Nc1cc(NC(=O)C(C)(C)C(C)(C)N)ccc1C. The molecule has 116 valence electrons. The Bertz CT molecular complexity index is 557. The first-order valence-electron chi connectivity index (χ1n) is 6.93. The van der Waals surface area contributed by atoms with Gasteiger partial charge in [0.15, 0.2) is 0 Å². The van der Waals surface area contributed by atoms with Crippen LogP contribution in [0, 0.1) is 12.3 Å². The summed E-state index contributed by atoms with van der Waals surface area (Å²) >= 11 is 0. The number of amides is 2. The number of hydrogen-bond acceptors (Lipinski definition) is 3. The standard InChI is InChI=1S/C16H25N3O2/c1-10-7-8-12(9-13(10)18-11(2)20)19-14(21)15(3,4)16(5,6)17/h7-9H,17H2,1-6H3,(H,18,20)(H,19,21). The van der Waals surface area contributed by atoms with E-state index in [0.29, 0.717) is 11.4 Å². The van der Waals surface area contributed by atoms with Gasteiger partial charge >= 0.3 is 0 Å². The van der Waals surface area contributed by atoms with Gasteiger partial charge in [0.1, 0.15) is 0 Å². The summed E-state index contributed by atoms with van der Waals surface area (Å²) in [6.45, 7) is 10.6. The third-order valence-electron chi connectivity index (χ3n) is 3.98. The molecule has 0 heterocycles. The van der Waals surface area contributed by atoms with Crippen molar-refractivity contribution in [1.29, 1.82) is 0 Å². The number of anilines is 2. The molecule has 0 atom stereocenters. The van der Waals surface area contributed by atoms with Gasteiger partial charge in [0.05, 0.1) is 5.41 Å². The number of nitrogens with one attached hydrogen (secondary N) is 2. The van der Waals surface area contributed by atoms with E-state index in [4.69, 9.17) is 5.73 Å². The zero-order chi connectivity index (χ0) is 16.4. The number of hydrogen-bond donors (Lipinski definition) is 3. The van der Waals surface area contributed by atoms with Crippen molar-refractivity contribution in [3.63, 3.8) is 0 Å². The Morgan fingerprint density at radius 3 is 2.14 bits per heavy atom. The minimum atomic E-state index is -0.730. The molecule has 1 rings (SSSR count). The summed E-state index contributed by atoms with van der Waals surface area (Å²) < 4.78 is 0. The molecular weight excluding hydrogens is 266 g/mol. The molecule has 5 heteroatoms. The summed E-state index contributed by atoms with van der Waals surface area (Å²) in [6, 6.07) is 5.40. The first-order valence-corrected chi connectivity index (χ1v) is 6.93. The number of carbonyl (C=O) groups is 2. The lowest BCUT2D eigenvalue weighted by molar-refractivity contribution is -0.126. The van der Waals surface area contributed by atoms with E-state index in [2.05, 4.69) is 10.6 Å². The van der Waals surface area contributed by atoms with Gasteiger partial charge in [-0.3, -0.25) is 9.59 Å². The Morgan fingerprint density at radius 2 is 1.67 bits per heavy atom. The van der Waals surface area contributed by atoms with Crippen molar-refractivity contribution in [3.05, 3.63) is 23.8 Å². The summed E-state index contributed by atoms with van der Waals surface area (Å²) in [5.74, 6) is -0.308. The quantitative estimate of drug-likeness (QED) is 0.797. The molecule has 1 aromatic rings. The van der Waals surface area contributed by atoms with Gasteiger partial charge in [0.25, 0.3) is 0 Å². The highest BCUT2D eigenvalue weighted by atomic mass is 16.2. The second kappa shape index (κ2) is 5.85. The van der Waals surface area contributed by atoms with Gasteiger partial charge < -0.3 is 16.4 Å². The van der Waals surface area contributed by atoms with Crippen molar-refractivity contribution in [2.24, 2.45) is 11.1 Å². The van der Waals surface area contributed by atoms with Gasteiger partial charge in [-0.2, -0.15) is 0 Å². The van der Waals surface area contributed by atoms with Crippen molar-refractivity contribution >= 4 is 23.2 Å². The zero-order valence-electron chi connectivity index (χ0n) is 13.6. The molecule has 0 aliphatic heterocycles. The number of benzene rings is 1. The van der Waals surface area contributed by atoms with E-state index >= 15 is 0 Å². The fourth-order valence-corrected chi connectivity index (χ4v) is 1.60. The molecule has 0 aliphatic rings. The van der Waals surface area contributed by atoms with Crippen molar-refractivity contribution in [2.75, 3.05) is 10.6 Å². The maximum Gasteiger partial charge on any atom is 0.231 e. The number of nitrogens with two attached hydrogens (primary N) is 1. The van der Waals surface area contributed by atoms with E-state index in [-0.39, 0.29) is 11.8 Å². The lowest BCUT2D eigenvalue weighted by atomic mass is 9.74. The molecule has 5 nitrogen and oxygen atoms in total. The largest absolute Gasteiger partial charge is 0.326 e. The first-order chi connectivity index (χ1) is 9.45. The van der Waals surface area contributed by atoms with Crippen molar-refractivity contribution in [3.8, 4) is 0 Å². The maximum atomic E-state index is 12.4. The third-order valence-corrected chi connectivity index (χ3v) is 3.98. The molecule has 0 saturated carbocycles. The molecule has 0 spiro atoms. The molecule has 0 aromatic heterocycles. The van der Waals surface area contributed by atoms with Crippen LogP contribution >= 0.6 is 0 Å². The third kappa shape index (κ3) is 4.04. The Labute approximate surface area is 126 Å². The van der Waals surface area contributed by atoms with Gasteiger partial charge in [-0.25, -0.2) is 0 Å². The van der Waals surface area contributed by atoms with Crippen LogP contribution in [0.5, 0.6) is 0 Å². The molecule has 1 aromatic carbocycles. The number of carbonyl (C=O) groups excluding carboxylic acids is 2. The van der Waals surface area contributed by atoms with Crippen LogP contribution < -0.4 is 16.4 Å². The second-order valence-electron chi connectivity index (χ2n) is 6.51. The van der Waals surface area contributed by atoms with Gasteiger partial charge in [0.2, 0.25) is 11.8 Å². The summed E-state index contributed by atoms with van der Waals surface area (Å²) in [6.07, 6.45) is 0. The van der Waals surface area contributed by atoms with Crippen LogP contribution in [0.4, 0.5) is 11.4 Å². The van der Waals surface area contributed by atoms with Crippen LogP contribution in [0.2, 0.25) is 0 Å². The van der Waals surface area contributed by atoms with Crippen LogP contribution in [0.15, 0.2) is 18.2 Å². The summed E-state index contributed by atoms with van der Waals surface area (Å²) in [4.78, 5) is 23.6. The normalized spacial score (nSPS) is 12.0. The Morgan fingerprint density at radius 1 is 1.10 bits per heavy atom. The summed E-state index contributed by atoms with van der Waals surface area (Å²) in [5, 5.41) is 5.60. The van der Waals surface area contributed by atoms with Crippen LogP contribution in [0.1, 0.15) is 40.2 Å². The van der Waals surface area contributed by atoms with E-state index in [0.717, 1.165) is 5.56 Å². The average Bonchev–Trinajstić information content (AvgIpc) is 2.31. The van der Waals surface area contributed by atoms with Gasteiger partial charge in [-0.05, 0) is 52.3 Å². The van der Waals surface area contributed by atoms with Crippen molar-refractivity contribution < 1.29 is 9.59 Å². The highest BCUT2D eigenvalue weighted by molar-refractivity contribution is 5.97. The van der Waals surface area contributed by atoms with E-state index < -0.39 is 11.0 Å². The van der Waals surface area contributed by atoms with Crippen molar-refractivity contribution in [2.45, 2.75) is 47.1 Å². The van der Waals surface area contributed by atoms with Crippen LogP contribution in [0.3, 0.4) is 0 Å². The molecular formula is C16H25N3O2. The Hall–Kier alpha value is -1.88. The molecule has 0 unspecified atom stereocenters. The molecule has 21 heavy (non-hydrogen) atoms. The van der Waals surface area contributed by atoms with Crippen LogP contribution in [0.25, 0.3) is 0 Å². The van der Waals surface area contributed by atoms with E-state index in [1.165, 1.54) is 6.92 Å². The molecule has 0 radical (unpaired) electrons. The monoisotopic (exact) mass is 291 g/mol. The molecule has 4 N–H and O–H groups in total. The lowest BCUT2D eigenvalue weighted by Gasteiger charge is -2.36. The Balaban J connectivity index is 2.99. The smallest absolute Gasteiger partial charge is 0.231 e. The van der Waals surface area contributed by atoms with E-state index in [9.17, 15) is 9.59 Å². The second-order valence-corrected chi connectivity index (χ2v) is 6.51. The minimum absolute atomic E-state index is 0.148. The van der Waals surface area contributed by atoms with Crippen LogP contribution in [-0.4, -0.2) is 17.4 Å². The zero-order valence-corrected chi connectivity index (χ0v) is 13.6. The predicted octanol–water partition coefficient (Wildman–Crippen LogP) is 2.66. The van der Waals surface area contributed by atoms with Gasteiger partial charge in [-0.15, -0.1) is 0 Å². The number of rotatable bonds is 4. The summed E-state index contributed by atoms with van der Waals surface area (Å²) in [7, 11) is 0. The lowest BCUT2D eigenvalue weighted by Crippen LogP contribution is -2.53. The Kier molecular flexibility index (Phi) is 4.79. The summed E-state index contributed by atoms with van der Waals surface area (Å²) in [5.41, 5.74) is 6.94. The van der Waals surface area contributed by atoms with Gasteiger partial charge in [0, 0.05) is 23.8 Å². The molecule has 0 bridgehead atoms. The fraction of sp³-hybridized carbons (Fsp3) is 0.500. The van der Waals surface area contributed by atoms with Crippen LogP contribution in [-0.2, 0) is 9.59 Å². The van der Waals surface area contributed by atoms with E-state index in [1.807, 2.05) is 40.7 Å². The number of aryl methyl sites for hydroxylation is 1. The molecule has 0 saturated heterocycles. The minimum Gasteiger partial charge on any atom is -0.326 e. The molecule has 2 amide bonds. The highest BCUT2D eigenvalue weighted by Crippen LogP contribution is 2.30. The molecule has 0 aliphatic carbocycles. The fourth-order valence-electron chi connectivity index (χ4n) is 1.60. The molecule has 0 fully saturated rings. The van der Waals surface area contributed by atoms with Gasteiger partial charge in [-0.1, -0.05) is 6.07 Å². The first kappa shape index (κ1) is 17.2.